The van der Waals surface area contributed by atoms with Crippen LogP contribution in [0.4, 0.5) is 10.5 Å². The van der Waals surface area contributed by atoms with Gasteiger partial charge in [-0.25, -0.2) is 4.79 Å². The monoisotopic (exact) mass is 540 g/mol. The molecular weight excluding hydrogens is 496 g/mol. The molecule has 0 radical (unpaired) electrons. The third-order valence-corrected chi connectivity index (χ3v) is 8.20. The number of carbonyl (C=O) groups is 1. The van der Waals surface area contributed by atoms with Crippen LogP contribution in [0.25, 0.3) is 0 Å². The molecule has 2 saturated heterocycles. The van der Waals surface area contributed by atoms with Crippen molar-refractivity contribution < 1.29 is 9.53 Å². The Labute approximate surface area is 239 Å². The summed E-state index contributed by atoms with van der Waals surface area (Å²) in [4.78, 5) is 20.7. The number of benzene rings is 3. The van der Waals surface area contributed by atoms with Crippen LogP contribution in [-0.4, -0.2) is 79.8 Å². The molecule has 0 unspecified atom stereocenters. The fourth-order valence-electron chi connectivity index (χ4n) is 5.91. The van der Waals surface area contributed by atoms with Gasteiger partial charge in [-0.1, -0.05) is 79.2 Å². The predicted octanol–water partition coefficient (Wildman–Crippen LogP) is 6.06. The van der Waals surface area contributed by atoms with Gasteiger partial charge in [0.15, 0.2) is 0 Å². The molecule has 2 amide bonds. The Bertz CT molecular complexity index is 1120. The first-order valence-corrected chi connectivity index (χ1v) is 15.0. The van der Waals surface area contributed by atoms with Gasteiger partial charge in [-0.2, -0.15) is 0 Å². The van der Waals surface area contributed by atoms with E-state index in [0.717, 1.165) is 64.6 Å². The lowest BCUT2D eigenvalue weighted by atomic mass is 9.88. The fraction of sp³-hybridized carbons (Fsp3) is 0.441. The average molecular weight is 541 g/mol. The summed E-state index contributed by atoms with van der Waals surface area (Å²) in [5.41, 5.74) is 4.70. The van der Waals surface area contributed by atoms with Crippen LogP contribution < -0.4 is 5.32 Å². The highest BCUT2D eigenvalue weighted by atomic mass is 16.5. The number of nitrogens with zero attached hydrogens (tertiary/aromatic N) is 3. The van der Waals surface area contributed by atoms with Crippen molar-refractivity contribution in [3.63, 3.8) is 0 Å². The van der Waals surface area contributed by atoms with Crippen molar-refractivity contribution in [1.82, 2.24) is 14.7 Å². The van der Waals surface area contributed by atoms with E-state index in [-0.39, 0.29) is 11.9 Å². The highest BCUT2D eigenvalue weighted by Gasteiger charge is 2.21. The van der Waals surface area contributed by atoms with Crippen LogP contribution in [0, 0.1) is 0 Å². The first-order chi connectivity index (χ1) is 19.7. The highest BCUT2D eigenvalue weighted by Crippen LogP contribution is 2.28. The zero-order valence-corrected chi connectivity index (χ0v) is 23.7. The molecule has 0 aromatic heterocycles. The Kier molecular flexibility index (Phi) is 10.6. The lowest BCUT2D eigenvalue weighted by Gasteiger charge is -2.31. The molecule has 6 nitrogen and oxygen atoms in total. The van der Waals surface area contributed by atoms with Gasteiger partial charge in [-0.3, -0.25) is 9.80 Å². The normalized spacial score (nSPS) is 16.6. The molecule has 2 fully saturated rings. The Balaban J connectivity index is 1.28. The lowest BCUT2D eigenvalue weighted by molar-refractivity contribution is 0.0351. The van der Waals surface area contributed by atoms with Gasteiger partial charge in [-0.15, -0.1) is 0 Å². The summed E-state index contributed by atoms with van der Waals surface area (Å²) < 4.78 is 5.54. The first kappa shape index (κ1) is 28.3. The SMILES string of the molecule is O=C(Nc1cccc(CN2CCCCC2)c1)N(CCC(c1ccccc1)c1ccccc1)CCN1CCOCC1. The number of carbonyl (C=O) groups excluding carboxylic acids is 1. The molecule has 2 aliphatic heterocycles. The van der Waals surface area contributed by atoms with Gasteiger partial charge in [0.25, 0.3) is 0 Å². The van der Waals surface area contributed by atoms with E-state index in [2.05, 4.69) is 94.0 Å². The van der Waals surface area contributed by atoms with E-state index in [4.69, 9.17) is 4.74 Å². The molecule has 212 valence electrons. The molecule has 0 saturated carbocycles. The molecule has 2 aliphatic rings. The summed E-state index contributed by atoms with van der Waals surface area (Å²) in [6.07, 6.45) is 4.75. The predicted molar refractivity (Wildman–Crippen MR) is 163 cm³/mol. The molecule has 0 atom stereocenters. The summed E-state index contributed by atoms with van der Waals surface area (Å²) in [6, 6.07) is 29.7. The third-order valence-electron chi connectivity index (χ3n) is 8.20. The van der Waals surface area contributed by atoms with E-state index in [1.807, 2.05) is 11.0 Å². The number of anilines is 1. The van der Waals surface area contributed by atoms with Crippen molar-refractivity contribution in [2.75, 3.05) is 64.3 Å². The van der Waals surface area contributed by atoms with Crippen molar-refractivity contribution in [3.05, 3.63) is 102 Å². The van der Waals surface area contributed by atoms with E-state index in [9.17, 15) is 4.79 Å². The number of morpholine rings is 1. The smallest absolute Gasteiger partial charge is 0.321 e. The van der Waals surface area contributed by atoms with Crippen molar-refractivity contribution in [1.29, 1.82) is 0 Å². The number of nitrogens with one attached hydrogen (secondary N) is 1. The van der Waals surface area contributed by atoms with Crippen molar-refractivity contribution in [2.24, 2.45) is 0 Å². The van der Waals surface area contributed by atoms with Gasteiger partial charge >= 0.3 is 6.03 Å². The minimum absolute atomic E-state index is 0.0248. The summed E-state index contributed by atoms with van der Waals surface area (Å²) in [6.45, 7) is 8.86. The van der Waals surface area contributed by atoms with E-state index in [1.165, 1.54) is 36.0 Å². The number of urea groups is 1. The van der Waals surface area contributed by atoms with Gasteiger partial charge < -0.3 is 15.0 Å². The number of ether oxygens (including phenoxy) is 1. The van der Waals surface area contributed by atoms with E-state index in [0.29, 0.717) is 13.1 Å². The minimum atomic E-state index is -0.0248. The zero-order chi connectivity index (χ0) is 27.4. The molecule has 6 heteroatoms. The summed E-state index contributed by atoms with van der Waals surface area (Å²) >= 11 is 0. The van der Waals surface area contributed by atoms with Crippen molar-refractivity contribution >= 4 is 11.7 Å². The van der Waals surface area contributed by atoms with Crippen LogP contribution in [-0.2, 0) is 11.3 Å². The Morgan fingerprint density at radius 3 is 2.12 bits per heavy atom. The van der Waals surface area contributed by atoms with Gasteiger partial charge in [0.1, 0.15) is 0 Å². The van der Waals surface area contributed by atoms with Crippen LogP contribution in [0.5, 0.6) is 0 Å². The largest absolute Gasteiger partial charge is 0.379 e. The van der Waals surface area contributed by atoms with Gasteiger partial charge in [0.05, 0.1) is 13.2 Å². The second kappa shape index (κ2) is 15.0. The number of amides is 2. The quantitative estimate of drug-likeness (QED) is 0.321. The minimum Gasteiger partial charge on any atom is -0.379 e. The zero-order valence-electron chi connectivity index (χ0n) is 23.7. The van der Waals surface area contributed by atoms with E-state index < -0.39 is 0 Å². The van der Waals surface area contributed by atoms with Crippen LogP contribution in [0.2, 0.25) is 0 Å². The number of likely N-dealkylation sites (tertiary alicyclic amines) is 1. The average Bonchev–Trinajstić information content (AvgIpc) is 3.01. The molecule has 3 aromatic rings. The highest BCUT2D eigenvalue weighted by molar-refractivity contribution is 5.89. The fourth-order valence-corrected chi connectivity index (χ4v) is 5.91. The molecule has 3 aromatic carbocycles. The Hall–Kier alpha value is -3.19. The molecule has 0 spiro atoms. The third kappa shape index (κ3) is 8.40. The molecule has 5 rings (SSSR count). The van der Waals surface area contributed by atoms with Crippen molar-refractivity contribution in [3.8, 4) is 0 Å². The molecule has 0 aliphatic carbocycles. The standard InChI is InChI=1S/C34H44N4O2/c39-34(35-32-16-10-11-29(27-32)28-37-18-8-3-9-19-37)38(22-21-36-23-25-40-26-24-36)20-17-33(30-12-4-1-5-13-30)31-14-6-2-7-15-31/h1-2,4-7,10-16,27,33H,3,8-9,17-26,28H2,(H,35,39). The Morgan fingerprint density at radius 2 is 1.45 bits per heavy atom. The van der Waals surface area contributed by atoms with E-state index >= 15 is 0 Å². The molecule has 40 heavy (non-hydrogen) atoms. The van der Waals surface area contributed by atoms with Gasteiger partial charge in [0, 0.05) is 50.9 Å². The van der Waals surface area contributed by atoms with Crippen LogP contribution in [0.1, 0.15) is 48.3 Å². The Morgan fingerprint density at radius 1 is 0.775 bits per heavy atom. The van der Waals surface area contributed by atoms with E-state index in [1.54, 1.807) is 0 Å². The number of piperidine rings is 1. The van der Waals surface area contributed by atoms with Gasteiger partial charge in [0.2, 0.25) is 0 Å². The molecule has 1 N–H and O–H groups in total. The summed E-state index contributed by atoms with van der Waals surface area (Å²) in [5, 5.41) is 3.24. The summed E-state index contributed by atoms with van der Waals surface area (Å²) in [7, 11) is 0. The maximum Gasteiger partial charge on any atom is 0.321 e. The number of rotatable bonds is 11. The second-order valence-corrected chi connectivity index (χ2v) is 11.1. The molecule has 0 bridgehead atoms. The summed E-state index contributed by atoms with van der Waals surface area (Å²) in [5.74, 6) is 0.231. The maximum atomic E-state index is 13.7. The molecule has 2 heterocycles. The second-order valence-electron chi connectivity index (χ2n) is 11.1. The van der Waals surface area contributed by atoms with Crippen LogP contribution >= 0.6 is 0 Å². The first-order valence-electron chi connectivity index (χ1n) is 15.0. The van der Waals surface area contributed by atoms with Crippen molar-refractivity contribution in [2.45, 2.75) is 38.1 Å². The molecular formula is C34H44N4O2. The maximum absolute atomic E-state index is 13.7. The number of hydrogen-bond donors (Lipinski definition) is 1. The van der Waals surface area contributed by atoms with Crippen LogP contribution in [0.3, 0.4) is 0 Å². The lowest BCUT2D eigenvalue weighted by Crippen LogP contribution is -2.44. The van der Waals surface area contributed by atoms with Crippen LogP contribution in [0.15, 0.2) is 84.9 Å². The van der Waals surface area contributed by atoms with Gasteiger partial charge in [-0.05, 0) is 61.2 Å². The topological polar surface area (TPSA) is 48.1 Å². The number of hydrogen-bond acceptors (Lipinski definition) is 4.